The molecule has 0 aromatic heterocycles. The molecule has 0 aromatic carbocycles. The Balaban J connectivity index is 5.74. The van der Waals surface area contributed by atoms with Crippen LogP contribution in [0.5, 0.6) is 0 Å². The van der Waals surface area contributed by atoms with E-state index >= 15 is 0 Å². The monoisotopic (exact) mass is 398 g/mol. The normalized spacial score (nSPS) is 13.5. The van der Waals surface area contributed by atoms with Gasteiger partial charge in [-0.25, -0.2) is 0 Å². The first-order valence-corrected chi connectivity index (χ1v) is 15.0. The van der Waals surface area contributed by atoms with Crippen molar-refractivity contribution in [1.82, 2.24) is 0 Å². The van der Waals surface area contributed by atoms with E-state index in [0.29, 0.717) is 0 Å². The first kappa shape index (κ1) is 24.8. The van der Waals surface area contributed by atoms with E-state index in [1.807, 2.05) is 41.5 Å². The summed E-state index contributed by atoms with van der Waals surface area (Å²) in [6.45, 7) is 19.0. The van der Waals surface area contributed by atoms with Crippen LogP contribution in [0.25, 0.3) is 0 Å². The van der Waals surface area contributed by atoms with Crippen molar-refractivity contribution in [3.63, 3.8) is 0 Å². The Bertz CT molecular complexity index is 281. The van der Waals surface area contributed by atoms with Crippen LogP contribution in [0.15, 0.2) is 0 Å². The van der Waals surface area contributed by atoms with Crippen molar-refractivity contribution in [1.29, 1.82) is 0 Å². The molecule has 0 spiro atoms. The summed E-state index contributed by atoms with van der Waals surface area (Å²) in [5.74, 6) is 0. The molecule has 0 atom stereocenters. The molecule has 0 aliphatic heterocycles. The summed E-state index contributed by atoms with van der Waals surface area (Å²) in [5, 5.41) is 0. The fourth-order valence-electron chi connectivity index (χ4n) is 3.18. The van der Waals surface area contributed by atoms with Gasteiger partial charge in [0, 0.05) is 0 Å². The molecular formula is C18H42O4SiTi. The summed E-state index contributed by atoms with van der Waals surface area (Å²) in [6.07, 6.45) is 3.57. The molecule has 0 aromatic rings. The number of hydrogen-bond acceptors (Lipinski definition) is 4. The van der Waals surface area contributed by atoms with Crippen LogP contribution < -0.4 is 0 Å². The van der Waals surface area contributed by atoms with Gasteiger partial charge >= 0.3 is 157 Å². The second kappa shape index (κ2) is 12.2. The van der Waals surface area contributed by atoms with Gasteiger partial charge in [0.05, 0.1) is 0 Å². The van der Waals surface area contributed by atoms with Crippen molar-refractivity contribution in [2.45, 2.75) is 118 Å². The third-order valence-corrected chi connectivity index (χ3v) is 15.3. The molecule has 0 aliphatic rings. The predicted molar refractivity (Wildman–Crippen MR) is 101 cm³/mol. The molecule has 24 heavy (non-hydrogen) atoms. The van der Waals surface area contributed by atoms with Gasteiger partial charge in [-0.2, -0.15) is 0 Å². The molecule has 0 fully saturated rings. The van der Waals surface area contributed by atoms with Crippen molar-refractivity contribution in [3.8, 4) is 0 Å². The van der Waals surface area contributed by atoms with E-state index in [4.69, 9.17) is 13.0 Å². The summed E-state index contributed by atoms with van der Waals surface area (Å²) >= 11 is -3.79. The van der Waals surface area contributed by atoms with Crippen LogP contribution in [-0.2, 0) is 31.1 Å². The molecule has 146 valence electrons. The Morgan fingerprint density at radius 2 is 0.917 bits per heavy atom. The molecule has 0 unspecified atom stereocenters. The molecule has 0 N–H and O–H groups in total. The Labute approximate surface area is 157 Å². The Hall–Kier alpha value is 0.771. The number of rotatable bonds is 14. The van der Waals surface area contributed by atoms with Gasteiger partial charge in [0.25, 0.3) is 0 Å². The van der Waals surface area contributed by atoms with Crippen LogP contribution in [0.1, 0.15) is 81.6 Å². The van der Waals surface area contributed by atoms with Crippen molar-refractivity contribution in [2.75, 3.05) is 0 Å². The average Bonchev–Trinajstić information content (AvgIpc) is 2.36. The van der Waals surface area contributed by atoms with Crippen molar-refractivity contribution in [2.24, 2.45) is 0 Å². The quantitative estimate of drug-likeness (QED) is 0.323. The van der Waals surface area contributed by atoms with E-state index in [0.717, 1.165) is 37.4 Å². The van der Waals surface area contributed by atoms with Crippen LogP contribution in [0, 0.1) is 0 Å². The summed E-state index contributed by atoms with van der Waals surface area (Å²) in [4.78, 5) is 0. The zero-order valence-corrected chi connectivity index (χ0v) is 20.2. The van der Waals surface area contributed by atoms with E-state index in [2.05, 4.69) is 20.8 Å². The van der Waals surface area contributed by atoms with E-state index in [1.165, 1.54) is 0 Å². The van der Waals surface area contributed by atoms with Crippen molar-refractivity contribution in [3.05, 3.63) is 0 Å². The van der Waals surface area contributed by atoms with Crippen LogP contribution in [-0.4, -0.2) is 26.6 Å². The third kappa shape index (κ3) is 9.46. The summed E-state index contributed by atoms with van der Waals surface area (Å²) < 4.78 is 25.9. The summed E-state index contributed by atoms with van der Waals surface area (Å²) in [5.41, 5.74) is 0. The van der Waals surface area contributed by atoms with Gasteiger partial charge in [-0.15, -0.1) is 0 Å². The molecule has 6 heteroatoms. The number of hydrogen-bond donors (Lipinski definition) is 0. The third-order valence-electron chi connectivity index (χ3n) is 3.60. The molecule has 0 saturated heterocycles. The van der Waals surface area contributed by atoms with Gasteiger partial charge in [-0.05, 0) is 0 Å². The standard InChI is InChI=1S/C9H21OSi.3C3H7O.Ti/c1-4-7-11(10,8-5-2)9-6-3;3*1-3(2)4;/h4-9H2,1-3H3;3*3H,1-2H3;/q4*-1;+4. The zero-order chi connectivity index (χ0) is 18.8. The summed E-state index contributed by atoms with van der Waals surface area (Å²) in [6, 6.07) is 3.48. The minimum atomic E-state index is -3.79. The first-order chi connectivity index (χ1) is 11.1. The fraction of sp³-hybridized carbons (Fsp3) is 1.00. The van der Waals surface area contributed by atoms with Gasteiger partial charge in [0.1, 0.15) is 0 Å². The Morgan fingerprint density at radius 1 is 0.625 bits per heavy atom. The fourth-order valence-corrected chi connectivity index (χ4v) is 15.2. The zero-order valence-electron chi connectivity index (χ0n) is 17.6. The molecule has 0 amide bonds. The molecule has 0 heterocycles. The van der Waals surface area contributed by atoms with Crippen LogP contribution >= 0.6 is 0 Å². The molecule has 0 radical (unpaired) electrons. The van der Waals surface area contributed by atoms with E-state index in [9.17, 15) is 0 Å². The van der Waals surface area contributed by atoms with Crippen LogP contribution in [0.4, 0.5) is 0 Å². The molecule has 0 saturated carbocycles. The maximum atomic E-state index is 6.94. The average molecular weight is 398 g/mol. The van der Waals surface area contributed by atoms with Gasteiger partial charge < -0.3 is 0 Å². The van der Waals surface area contributed by atoms with Gasteiger partial charge in [-0.3, -0.25) is 0 Å². The molecule has 0 bridgehead atoms. The second-order valence-electron chi connectivity index (χ2n) is 7.53. The maximum absolute atomic E-state index is 6.94. The van der Waals surface area contributed by atoms with E-state index < -0.39 is 26.5 Å². The van der Waals surface area contributed by atoms with Gasteiger partial charge in [-0.1, -0.05) is 0 Å². The first-order valence-electron chi connectivity index (χ1n) is 9.87. The van der Waals surface area contributed by atoms with Crippen LogP contribution in [0.3, 0.4) is 0 Å². The molecule has 4 nitrogen and oxygen atoms in total. The molecular weight excluding hydrogens is 356 g/mol. The summed E-state index contributed by atoms with van der Waals surface area (Å²) in [7, 11) is -1.92. The SMILES string of the molecule is CCC[Si](CCC)(CCC)[O][Ti]([O]C(C)C)([O]C(C)C)[O]C(C)C. The molecule has 0 rings (SSSR count). The van der Waals surface area contributed by atoms with Gasteiger partial charge in [0.2, 0.25) is 0 Å². The topological polar surface area (TPSA) is 36.9 Å². The van der Waals surface area contributed by atoms with E-state index in [1.54, 1.807) is 0 Å². The predicted octanol–water partition coefficient (Wildman–Crippen LogP) is 6.27. The van der Waals surface area contributed by atoms with Crippen molar-refractivity contribution < 1.29 is 31.1 Å². The Morgan fingerprint density at radius 3 is 1.12 bits per heavy atom. The van der Waals surface area contributed by atoms with E-state index in [-0.39, 0.29) is 18.3 Å². The molecule has 0 aliphatic carbocycles. The Kier molecular flexibility index (Phi) is 12.6. The van der Waals surface area contributed by atoms with Crippen LogP contribution in [0.2, 0.25) is 18.1 Å². The van der Waals surface area contributed by atoms with Crippen molar-refractivity contribution >= 4 is 8.32 Å². The minimum absolute atomic E-state index is 0.0408. The second-order valence-corrected chi connectivity index (χ2v) is 15.2. The van der Waals surface area contributed by atoms with Gasteiger partial charge in [0.15, 0.2) is 0 Å².